The van der Waals surface area contributed by atoms with Gasteiger partial charge < -0.3 is 0 Å². The van der Waals surface area contributed by atoms with Gasteiger partial charge in [0.25, 0.3) is 0 Å². The molecule has 2 heteroatoms. The van der Waals surface area contributed by atoms with Crippen LogP contribution in [0.3, 0.4) is 0 Å². The summed E-state index contributed by atoms with van der Waals surface area (Å²) >= 11 is 0. The molecular weight excluding hydrogens is 234 g/mol. The van der Waals surface area contributed by atoms with Crippen molar-refractivity contribution in [1.29, 1.82) is 0 Å². The Kier molecular flexibility index (Phi) is 6.35. The molecule has 0 aliphatic heterocycles. The molecule has 0 amide bonds. The van der Waals surface area contributed by atoms with Crippen LogP contribution in [-0.4, -0.2) is 30.6 Å². The summed E-state index contributed by atoms with van der Waals surface area (Å²) in [5, 5.41) is 0. The van der Waals surface area contributed by atoms with E-state index in [2.05, 4.69) is 78.6 Å². The second kappa shape index (κ2) is 6.38. The van der Waals surface area contributed by atoms with E-state index in [1.807, 2.05) is 0 Å². The first-order chi connectivity index (χ1) is 7.90. The minimum absolute atomic E-state index is 0.253. The van der Waals surface area contributed by atoms with Gasteiger partial charge in [-0.05, 0) is 67.1 Å². The van der Waals surface area contributed by atoms with Gasteiger partial charge >= 0.3 is 0 Å². The van der Waals surface area contributed by atoms with Crippen LogP contribution < -0.4 is 0 Å². The lowest BCUT2D eigenvalue weighted by Crippen LogP contribution is -2.53. The van der Waals surface area contributed by atoms with Gasteiger partial charge in [-0.1, -0.05) is 25.2 Å². The second-order valence-corrected chi connectivity index (χ2v) is 13.4. The summed E-state index contributed by atoms with van der Waals surface area (Å²) in [6, 6.07) is 2.69. The van der Waals surface area contributed by atoms with Crippen molar-refractivity contribution in [2.75, 3.05) is 6.54 Å². The van der Waals surface area contributed by atoms with Crippen LogP contribution in [0.15, 0.2) is 12.2 Å². The molecule has 0 radical (unpaired) electrons. The molecular formula is C16H35NSi. The van der Waals surface area contributed by atoms with Crippen LogP contribution in [0.5, 0.6) is 0 Å². The van der Waals surface area contributed by atoms with E-state index in [4.69, 9.17) is 0 Å². The topological polar surface area (TPSA) is 3.24 Å². The zero-order valence-electron chi connectivity index (χ0n) is 14.2. The first kappa shape index (κ1) is 17.9. The molecule has 1 nitrogen and oxygen atoms in total. The van der Waals surface area contributed by atoms with E-state index in [0.29, 0.717) is 0 Å². The molecule has 0 spiro atoms. The van der Waals surface area contributed by atoms with Crippen molar-refractivity contribution < 1.29 is 0 Å². The van der Waals surface area contributed by atoms with Gasteiger partial charge in [-0.2, -0.15) is 0 Å². The van der Waals surface area contributed by atoms with Crippen LogP contribution in [0, 0.1) is 0 Å². The predicted octanol–water partition coefficient (Wildman–Crippen LogP) is 5.17. The number of rotatable bonds is 5. The number of hydrogen-bond donors (Lipinski definition) is 0. The molecule has 0 fully saturated rings. The quantitative estimate of drug-likeness (QED) is 0.491. The van der Waals surface area contributed by atoms with Crippen LogP contribution in [0.2, 0.25) is 25.2 Å². The van der Waals surface area contributed by atoms with Gasteiger partial charge in [0.05, 0.1) is 8.07 Å². The highest BCUT2D eigenvalue weighted by Crippen LogP contribution is 2.27. The minimum atomic E-state index is -1.07. The Morgan fingerprint density at radius 1 is 0.944 bits per heavy atom. The van der Waals surface area contributed by atoms with E-state index >= 15 is 0 Å². The van der Waals surface area contributed by atoms with E-state index in [-0.39, 0.29) is 11.1 Å². The average molecular weight is 270 g/mol. The van der Waals surface area contributed by atoms with Crippen molar-refractivity contribution in [2.45, 2.75) is 84.7 Å². The summed E-state index contributed by atoms with van der Waals surface area (Å²) in [7, 11) is -1.07. The summed E-state index contributed by atoms with van der Waals surface area (Å²) < 4.78 is 0. The Bertz CT molecular complexity index is 252. The lowest BCUT2D eigenvalue weighted by molar-refractivity contribution is 0.0443. The first-order valence-corrected chi connectivity index (χ1v) is 10.7. The smallest absolute Gasteiger partial charge is 0.0523 e. The van der Waals surface area contributed by atoms with E-state index in [9.17, 15) is 0 Å². The fourth-order valence-electron chi connectivity index (χ4n) is 2.63. The van der Waals surface area contributed by atoms with Gasteiger partial charge in [-0.3, -0.25) is 4.90 Å². The van der Waals surface area contributed by atoms with Crippen LogP contribution in [0.25, 0.3) is 0 Å². The molecule has 0 saturated carbocycles. The monoisotopic (exact) mass is 269 g/mol. The maximum atomic E-state index is 2.66. The maximum absolute atomic E-state index is 2.66. The molecule has 0 aliphatic carbocycles. The van der Waals surface area contributed by atoms with E-state index in [1.54, 1.807) is 0 Å². The highest BCUT2D eigenvalue weighted by molar-refractivity contribution is 6.77. The Hall–Kier alpha value is -0.0831. The summed E-state index contributed by atoms with van der Waals surface area (Å²) in [6.07, 6.45) is 4.55. The molecule has 0 N–H and O–H groups in total. The van der Waals surface area contributed by atoms with Crippen molar-refractivity contribution in [3.05, 3.63) is 12.2 Å². The van der Waals surface area contributed by atoms with Crippen LogP contribution in [0.4, 0.5) is 0 Å². The molecule has 0 aromatic heterocycles. The third-order valence-electron chi connectivity index (χ3n) is 3.54. The lowest BCUT2D eigenvalue weighted by atomic mass is 9.96. The molecule has 108 valence electrons. The Labute approximate surface area is 117 Å². The van der Waals surface area contributed by atoms with Gasteiger partial charge in [0.1, 0.15) is 0 Å². The third-order valence-corrected chi connectivity index (χ3v) is 6.46. The van der Waals surface area contributed by atoms with Gasteiger partial charge in [-0.15, -0.1) is 0 Å². The molecule has 0 saturated heterocycles. The summed E-state index contributed by atoms with van der Waals surface area (Å²) in [6.45, 7) is 22.4. The number of hydrogen-bond acceptors (Lipinski definition) is 1. The summed E-state index contributed by atoms with van der Waals surface area (Å²) in [5.41, 5.74) is 0.507. The number of nitrogens with zero attached hydrogens (tertiary/aromatic N) is 1. The Morgan fingerprint density at radius 3 is 1.72 bits per heavy atom. The van der Waals surface area contributed by atoms with Crippen LogP contribution >= 0.6 is 0 Å². The van der Waals surface area contributed by atoms with Gasteiger partial charge in [0.15, 0.2) is 0 Å². The second-order valence-electron chi connectivity index (χ2n) is 8.18. The van der Waals surface area contributed by atoms with Gasteiger partial charge in [0, 0.05) is 11.1 Å². The zero-order valence-corrected chi connectivity index (χ0v) is 15.2. The summed E-state index contributed by atoms with van der Waals surface area (Å²) in [5.74, 6) is 0. The van der Waals surface area contributed by atoms with Crippen molar-refractivity contribution in [1.82, 2.24) is 4.90 Å². The maximum Gasteiger partial charge on any atom is 0.0523 e. The minimum Gasteiger partial charge on any atom is -0.294 e. The van der Waals surface area contributed by atoms with Crippen molar-refractivity contribution in [2.24, 2.45) is 0 Å². The van der Waals surface area contributed by atoms with E-state index in [1.165, 1.54) is 18.6 Å². The third kappa shape index (κ3) is 6.74. The molecule has 0 aliphatic rings. The SMILES string of the molecule is CC=CC[Si](C)(C)CCN(C(C)(C)C)C(C)(C)C. The summed E-state index contributed by atoms with van der Waals surface area (Å²) in [4.78, 5) is 2.66. The normalized spacial score (nSPS) is 14.8. The van der Waals surface area contributed by atoms with Crippen molar-refractivity contribution in [3.8, 4) is 0 Å². The molecule has 0 heterocycles. The first-order valence-electron chi connectivity index (χ1n) is 7.29. The zero-order chi connectivity index (χ0) is 14.6. The fraction of sp³-hybridized carbons (Fsp3) is 0.875. The molecule has 0 aromatic rings. The van der Waals surface area contributed by atoms with E-state index < -0.39 is 8.07 Å². The van der Waals surface area contributed by atoms with Crippen molar-refractivity contribution in [3.63, 3.8) is 0 Å². The Balaban J connectivity index is 4.64. The molecule has 0 rings (SSSR count). The largest absolute Gasteiger partial charge is 0.294 e. The highest BCUT2D eigenvalue weighted by atomic mass is 28.3. The lowest BCUT2D eigenvalue weighted by Gasteiger charge is -2.46. The highest BCUT2D eigenvalue weighted by Gasteiger charge is 2.32. The molecule has 0 bridgehead atoms. The van der Waals surface area contributed by atoms with Crippen LogP contribution in [-0.2, 0) is 0 Å². The van der Waals surface area contributed by atoms with Crippen LogP contribution in [0.1, 0.15) is 48.5 Å². The van der Waals surface area contributed by atoms with E-state index in [0.717, 1.165) is 0 Å². The van der Waals surface area contributed by atoms with Gasteiger partial charge in [-0.25, -0.2) is 0 Å². The molecule has 0 unspecified atom stereocenters. The standard InChI is InChI=1S/C16H35NSi/c1-10-11-13-18(8,9)14-12-17(15(2,3)4)16(5,6)7/h10-11H,12-14H2,1-9H3. The van der Waals surface area contributed by atoms with Crippen molar-refractivity contribution >= 4 is 8.07 Å². The molecule has 0 atom stereocenters. The van der Waals surface area contributed by atoms with Gasteiger partial charge in [0.2, 0.25) is 0 Å². The number of allylic oxidation sites excluding steroid dienone is 2. The molecule has 0 aromatic carbocycles. The fourth-order valence-corrected chi connectivity index (χ4v) is 4.54. The average Bonchev–Trinajstić information content (AvgIpc) is 2.10. The Morgan fingerprint density at radius 2 is 1.39 bits per heavy atom. The predicted molar refractivity (Wildman–Crippen MR) is 88.1 cm³/mol. The molecule has 18 heavy (non-hydrogen) atoms.